The van der Waals surface area contributed by atoms with Gasteiger partial charge in [0.2, 0.25) is 0 Å². The first-order valence-corrected chi connectivity index (χ1v) is 14.6. The monoisotopic (exact) mass is 606 g/mol. The van der Waals surface area contributed by atoms with Gasteiger partial charge in [-0.25, -0.2) is 13.2 Å². The van der Waals surface area contributed by atoms with E-state index in [0.717, 1.165) is 49.4 Å². The summed E-state index contributed by atoms with van der Waals surface area (Å²) in [6.45, 7) is 5.69. The topological polar surface area (TPSA) is 119 Å². The van der Waals surface area contributed by atoms with Crippen molar-refractivity contribution >= 4 is 33.3 Å². The van der Waals surface area contributed by atoms with E-state index in [1.807, 2.05) is 55.5 Å². The van der Waals surface area contributed by atoms with Crippen molar-refractivity contribution in [2.75, 3.05) is 42.8 Å². The molecule has 0 aromatic heterocycles. The number of sulfonamides is 1. The number of halogens is 3. The van der Waals surface area contributed by atoms with Crippen LogP contribution >= 0.6 is 0 Å². The average molecular weight is 607 g/mol. The molecule has 42 heavy (non-hydrogen) atoms. The van der Waals surface area contributed by atoms with Crippen LogP contribution in [0, 0.1) is 0 Å². The van der Waals surface area contributed by atoms with Crippen molar-refractivity contribution in [2.45, 2.75) is 31.0 Å². The number of carboxylic acids is 1. The zero-order valence-electron chi connectivity index (χ0n) is 23.2. The van der Waals surface area contributed by atoms with E-state index in [0.29, 0.717) is 17.8 Å². The molecule has 0 saturated carbocycles. The molecule has 1 fully saturated rings. The number of piperazine rings is 1. The largest absolute Gasteiger partial charge is 0.490 e. The lowest BCUT2D eigenvalue weighted by Gasteiger charge is -2.32. The highest BCUT2D eigenvalue weighted by Gasteiger charge is 2.38. The molecule has 1 heterocycles. The van der Waals surface area contributed by atoms with Gasteiger partial charge in [0.25, 0.3) is 15.9 Å². The van der Waals surface area contributed by atoms with E-state index in [1.165, 1.54) is 0 Å². The Morgan fingerprint density at radius 1 is 0.976 bits per heavy atom. The lowest BCUT2D eigenvalue weighted by atomic mass is 10.1. The van der Waals surface area contributed by atoms with Crippen molar-refractivity contribution in [3.63, 3.8) is 0 Å². The first-order valence-electron chi connectivity index (χ1n) is 13.1. The normalized spacial score (nSPS) is 13.5. The third kappa shape index (κ3) is 8.95. The number of aryl methyl sites for hydroxylation is 1. The quantitative estimate of drug-likeness (QED) is 0.349. The Balaban J connectivity index is 0.000000616. The van der Waals surface area contributed by atoms with E-state index in [4.69, 9.17) is 9.90 Å². The molecule has 4 rings (SSSR count). The summed E-state index contributed by atoms with van der Waals surface area (Å²) in [5.74, 6) is -2.91. The van der Waals surface area contributed by atoms with Gasteiger partial charge >= 0.3 is 12.1 Å². The van der Waals surface area contributed by atoms with Gasteiger partial charge < -0.3 is 20.2 Å². The first-order chi connectivity index (χ1) is 19.8. The molecule has 3 aromatic rings. The summed E-state index contributed by atoms with van der Waals surface area (Å²) in [6.07, 6.45) is -4.25. The van der Waals surface area contributed by atoms with Gasteiger partial charge in [0.1, 0.15) is 0 Å². The zero-order chi connectivity index (χ0) is 30.9. The Kier molecular flexibility index (Phi) is 10.9. The van der Waals surface area contributed by atoms with Gasteiger partial charge in [-0.15, -0.1) is 0 Å². The van der Waals surface area contributed by atoms with Crippen LogP contribution in [0.3, 0.4) is 0 Å². The smallest absolute Gasteiger partial charge is 0.475 e. The second-order valence-corrected chi connectivity index (χ2v) is 11.2. The van der Waals surface area contributed by atoms with E-state index >= 15 is 0 Å². The molecule has 0 unspecified atom stereocenters. The highest BCUT2D eigenvalue weighted by Crippen LogP contribution is 2.28. The second kappa shape index (κ2) is 14.2. The molecule has 226 valence electrons. The third-order valence-corrected chi connectivity index (χ3v) is 7.83. The number of carbonyl (C=O) groups is 2. The van der Waals surface area contributed by atoms with Crippen LogP contribution in [0.5, 0.6) is 0 Å². The number of benzene rings is 3. The SMILES string of the molecule is CCc1ccc(S(=O)(=O)Nc2ccc(N3CCNCC3)c(C(=O)N(C)Cc3ccccc3)c2)cc1.O=C(O)C(F)(F)F. The third-order valence-electron chi connectivity index (χ3n) is 6.43. The van der Waals surface area contributed by atoms with Crippen LogP contribution in [-0.2, 0) is 27.8 Å². The Morgan fingerprint density at radius 2 is 1.57 bits per heavy atom. The summed E-state index contributed by atoms with van der Waals surface area (Å²) >= 11 is 0. The summed E-state index contributed by atoms with van der Waals surface area (Å²) in [4.78, 5) is 26.5. The molecule has 1 saturated heterocycles. The van der Waals surface area contributed by atoms with Crippen LogP contribution < -0.4 is 14.9 Å². The van der Waals surface area contributed by atoms with E-state index in [9.17, 15) is 26.4 Å². The number of alkyl halides is 3. The van der Waals surface area contributed by atoms with Gasteiger partial charge in [-0.05, 0) is 47.9 Å². The van der Waals surface area contributed by atoms with Gasteiger partial charge in [-0.1, -0.05) is 49.4 Å². The van der Waals surface area contributed by atoms with Gasteiger partial charge in [-0.2, -0.15) is 13.2 Å². The van der Waals surface area contributed by atoms with Crippen molar-refractivity contribution in [1.29, 1.82) is 0 Å². The number of aliphatic carboxylic acids is 1. The second-order valence-electron chi connectivity index (χ2n) is 9.52. The summed E-state index contributed by atoms with van der Waals surface area (Å²) < 4.78 is 60.4. The fourth-order valence-corrected chi connectivity index (χ4v) is 5.25. The van der Waals surface area contributed by atoms with Crippen LogP contribution in [-0.4, -0.2) is 69.7 Å². The summed E-state index contributed by atoms with van der Waals surface area (Å²) in [5.41, 5.74) is 3.75. The van der Waals surface area contributed by atoms with Crippen molar-refractivity contribution in [3.8, 4) is 0 Å². The minimum atomic E-state index is -5.08. The number of carbonyl (C=O) groups excluding carboxylic acids is 1. The summed E-state index contributed by atoms with van der Waals surface area (Å²) in [5, 5.41) is 10.5. The molecular formula is C29H33F3N4O5S. The van der Waals surface area contributed by atoms with Gasteiger partial charge in [-0.3, -0.25) is 9.52 Å². The number of carboxylic acid groups (broad SMARTS) is 1. The average Bonchev–Trinajstić information content (AvgIpc) is 2.97. The van der Waals surface area contributed by atoms with E-state index < -0.39 is 22.2 Å². The molecular weight excluding hydrogens is 573 g/mol. The maximum Gasteiger partial charge on any atom is 0.490 e. The van der Waals surface area contributed by atoms with Crippen molar-refractivity contribution in [3.05, 3.63) is 89.5 Å². The molecule has 0 radical (unpaired) electrons. The minimum absolute atomic E-state index is 0.157. The molecule has 0 aliphatic carbocycles. The Labute approximate surface area is 243 Å². The van der Waals surface area contributed by atoms with Crippen LogP contribution in [0.25, 0.3) is 0 Å². The number of nitrogens with one attached hydrogen (secondary N) is 2. The first kappa shape index (κ1) is 32.4. The van der Waals surface area contributed by atoms with Crippen LogP contribution in [0.4, 0.5) is 24.5 Å². The van der Waals surface area contributed by atoms with Gasteiger partial charge in [0.05, 0.1) is 10.5 Å². The lowest BCUT2D eigenvalue weighted by Crippen LogP contribution is -2.44. The van der Waals surface area contributed by atoms with Crippen LogP contribution in [0.1, 0.15) is 28.4 Å². The predicted octanol–water partition coefficient (Wildman–Crippen LogP) is 4.36. The molecule has 0 bridgehead atoms. The molecule has 3 N–H and O–H groups in total. The predicted molar refractivity (Wildman–Crippen MR) is 154 cm³/mol. The number of rotatable bonds is 8. The molecule has 1 amide bonds. The fraction of sp³-hybridized carbons (Fsp3) is 0.310. The van der Waals surface area contributed by atoms with Gasteiger partial charge in [0.15, 0.2) is 0 Å². The maximum absolute atomic E-state index is 13.6. The van der Waals surface area contributed by atoms with E-state index in [-0.39, 0.29) is 10.8 Å². The molecule has 0 atom stereocenters. The number of hydrogen-bond donors (Lipinski definition) is 3. The molecule has 9 nitrogen and oxygen atoms in total. The highest BCUT2D eigenvalue weighted by molar-refractivity contribution is 7.92. The number of nitrogens with zero attached hydrogens (tertiary/aromatic N) is 2. The van der Waals surface area contributed by atoms with Crippen LogP contribution in [0.2, 0.25) is 0 Å². The molecule has 1 aliphatic rings. The Bertz CT molecular complexity index is 1460. The van der Waals surface area contributed by atoms with E-state index in [2.05, 4.69) is 14.9 Å². The van der Waals surface area contributed by atoms with E-state index in [1.54, 1.807) is 36.2 Å². The van der Waals surface area contributed by atoms with Crippen LogP contribution in [0.15, 0.2) is 77.7 Å². The van der Waals surface area contributed by atoms with Gasteiger partial charge in [0, 0.05) is 51.1 Å². The summed E-state index contributed by atoms with van der Waals surface area (Å²) in [7, 11) is -2.02. The Morgan fingerprint density at radius 3 is 2.12 bits per heavy atom. The lowest BCUT2D eigenvalue weighted by molar-refractivity contribution is -0.192. The number of amides is 1. The van der Waals surface area contributed by atoms with Crippen molar-refractivity contribution < 1.29 is 36.3 Å². The molecule has 0 spiro atoms. The van der Waals surface area contributed by atoms with Crippen molar-refractivity contribution in [2.24, 2.45) is 0 Å². The maximum atomic E-state index is 13.6. The fourth-order valence-electron chi connectivity index (χ4n) is 4.21. The zero-order valence-corrected chi connectivity index (χ0v) is 24.0. The molecule has 13 heteroatoms. The summed E-state index contributed by atoms with van der Waals surface area (Å²) in [6, 6.07) is 21.9. The molecule has 1 aliphatic heterocycles. The number of hydrogen-bond acceptors (Lipinski definition) is 6. The number of anilines is 2. The highest BCUT2D eigenvalue weighted by atomic mass is 32.2. The molecule has 3 aromatic carbocycles. The Hall–Kier alpha value is -4.10. The minimum Gasteiger partial charge on any atom is -0.475 e. The van der Waals surface area contributed by atoms with Crippen molar-refractivity contribution in [1.82, 2.24) is 10.2 Å². The standard InChI is InChI=1S/C27H32N4O3S.C2HF3O2/c1-3-21-9-12-24(13-10-21)35(33,34)29-23-11-14-26(31-17-15-28-16-18-31)25(19-23)27(32)30(2)20-22-7-5-4-6-8-22;3-2(4,5)1(6)7/h4-14,19,28-29H,3,15-18,20H2,1-2H3;(H,6,7).